The number of hydrogen-bond donors (Lipinski definition) is 1. The molecule has 3 aromatic rings. The number of ether oxygens (including phenoxy) is 2. The molecule has 2 aromatic heterocycles. The minimum atomic E-state index is -0.619. The molecule has 0 aliphatic heterocycles. The number of aromatic nitrogens is 3. The molecule has 1 N–H and O–H groups in total. The van der Waals surface area contributed by atoms with Gasteiger partial charge in [-0.1, -0.05) is 41.6 Å². The molecule has 0 unspecified atom stereocenters. The first-order valence-corrected chi connectivity index (χ1v) is 9.26. The summed E-state index contributed by atoms with van der Waals surface area (Å²) < 4.78 is 15.8. The van der Waals surface area contributed by atoms with Crippen molar-refractivity contribution in [2.24, 2.45) is 0 Å². The lowest BCUT2D eigenvalue weighted by Gasteiger charge is -2.24. The molecule has 0 saturated heterocycles. The van der Waals surface area contributed by atoms with Gasteiger partial charge < -0.3 is 19.3 Å². The molecular weight excluding hydrogens is 372 g/mol. The van der Waals surface area contributed by atoms with Crippen LogP contribution in [-0.4, -0.2) is 46.9 Å². The standard InChI is InChI=1S/C21H24N4O4/c1-21(2,14-18-23-19(25-29-18)15-8-5-4-6-9-15)24-20(26)16-10-7-11-17(22-16)28-13-12-27-3/h4-11H,12-14H2,1-3H3,(H,24,26). The van der Waals surface area contributed by atoms with Gasteiger partial charge in [0.1, 0.15) is 12.3 Å². The predicted molar refractivity (Wildman–Crippen MR) is 107 cm³/mol. The van der Waals surface area contributed by atoms with E-state index in [2.05, 4.69) is 20.4 Å². The van der Waals surface area contributed by atoms with Gasteiger partial charge in [-0.05, 0) is 19.9 Å². The number of methoxy groups -OCH3 is 1. The highest BCUT2D eigenvalue weighted by molar-refractivity contribution is 5.92. The maximum Gasteiger partial charge on any atom is 0.270 e. The van der Waals surface area contributed by atoms with Gasteiger partial charge >= 0.3 is 0 Å². The van der Waals surface area contributed by atoms with Crippen LogP contribution in [0.4, 0.5) is 0 Å². The molecule has 152 valence electrons. The van der Waals surface area contributed by atoms with Crippen LogP contribution in [0.2, 0.25) is 0 Å². The van der Waals surface area contributed by atoms with E-state index in [0.29, 0.717) is 37.2 Å². The van der Waals surface area contributed by atoms with Crippen molar-refractivity contribution in [2.75, 3.05) is 20.3 Å². The molecule has 0 aliphatic rings. The van der Waals surface area contributed by atoms with Crippen LogP contribution in [0.15, 0.2) is 53.1 Å². The Kier molecular flexibility index (Phi) is 6.56. The maximum atomic E-state index is 12.6. The lowest BCUT2D eigenvalue weighted by atomic mass is 10.0. The summed E-state index contributed by atoms with van der Waals surface area (Å²) >= 11 is 0. The monoisotopic (exact) mass is 396 g/mol. The fraction of sp³-hybridized carbons (Fsp3) is 0.333. The Morgan fingerprint density at radius 1 is 1.07 bits per heavy atom. The number of carbonyl (C=O) groups excluding carboxylic acids is 1. The van der Waals surface area contributed by atoms with E-state index in [1.54, 1.807) is 25.3 Å². The van der Waals surface area contributed by atoms with Crippen LogP contribution in [0.1, 0.15) is 30.2 Å². The highest BCUT2D eigenvalue weighted by atomic mass is 16.5. The molecule has 0 aliphatic carbocycles. The van der Waals surface area contributed by atoms with Gasteiger partial charge in [0.2, 0.25) is 17.6 Å². The number of amides is 1. The molecule has 29 heavy (non-hydrogen) atoms. The van der Waals surface area contributed by atoms with Gasteiger partial charge in [-0.2, -0.15) is 4.98 Å². The molecule has 0 atom stereocenters. The van der Waals surface area contributed by atoms with Crippen LogP contribution in [0.5, 0.6) is 5.88 Å². The molecule has 1 amide bonds. The normalized spacial score (nSPS) is 11.3. The molecule has 1 aromatic carbocycles. The number of pyridine rings is 1. The van der Waals surface area contributed by atoms with Gasteiger partial charge in [-0.25, -0.2) is 4.98 Å². The van der Waals surface area contributed by atoms with Crippen molar-refractivity contribution in [2.45, 2.75) is 25.8 Å². The number of rotatable bonds is 9. The van der Waals surface area contributed by atoms with Crippen LogP contribution < -0.4 is 10.1 Å². The molecule has 3 rings (SSSR count). The molecule has 8 heteroatoms. The summed E-state index contributed by atoms with van der Waals surface area (Å²) in [7, 11) is 1.59. The van der Waals surface area contributed by atoms with E-state index in [9.17, 15) is 4.79 Å². The maximum absolute atomic E-state index is 12.6. The first-order valence-electron chi connectivity index (χ1n) is 9.26. The highest BCUT2D eigenvalue weighted by Crippen LogP contribution is 2.18. The van der Waals surface area contributed by atoms with E-state index in [0.717, 1.165) is 5.56 Å². The zero-order valence-electron chi connectivity index (χ0n) is 16.7. The minimum Gasteiger partial charge on any atom is -0.475 e. The summed E-state index contributed by atoms with van der Waals surface area (Å²) in [4.78, 5) is 21.3. The average molecular weight is 396 g/mol. The minimum absolute atomic E-state index is 0.267. The summed E-state index contributed by atoms with van der Waals surface area (Å²) in [5.41, 5.74) is 0.522. The van der Waals surface area contributed by atoms with Crippen molar-refractivity contribution in [1.29, 1.82) is 0 Å². The van der Waals surface area contributed by atoms with Crippen molar-refractivity contribution < 1.29 is 18.8 Å². The van der Waals surface area contributed by atoms with Crippen molar-refractivity contribution in [3.05, 3.63) is 60.1 Å². The van der Waals surface area contributed by atoms with Gasteiger partial charge in [0.25, 0.3) is 5.91 Å². The Balaban J connectivity index is 1.62. The number of benzene rings is 1. The molecule has 8 nitrogen and oxygen atoms in total. The van der Waals surface area contributed by atoms with E-state index in [1.807, 2.05) is 44.2 Å². The molecule has 0 bridgehead atoms. The Morgan fingerprint density at radius 3 is 2.62 bits per heavy atom. The first kappa shape index (κ1) is 20.5. The van der Waals surface area contributed by atoms with Crippen molar-refractivity contribution in [3.8, 4) is 17.3 Å². The Hall–Kier alpha value is -3.26. The number of nitrogens with one attached hydrogen (secondary N) is 1. The van der Waals surface area contributed by atoms with Crippen LogP contribution in [0.25, 0.3) is 11.4 Å². The molecule has 0 fully saturated rings. The van der Waals surface area contributed by atoms with E-state index in [4.69, 9.17) is 14.0 Å². The average Bonchev–Trinajstić information content (AvgIpc) is 3.16. The predicted octanol–water partition coefficient (Wildman–Crippen LogP) is 2.91. The van der Waals surface area contributed by atoms with Gasteiger partial charge in [0.15, 0.2) is 0 Å². The lowest BCUT2D eigenvalue weighted by Crippen LogP contribution is -2.45. The largest absolute Gasteiger partial charge is 0.475 e. The highest BCUT2D eigenvalue weighted by Gasteiger charge is 2.25. The molecule has 2 heterocycles. The van der Waals surface area contributed by atoms with Gasteiger partial charge in [0.05, 0.1) is 6.61 Å². The van der Waals surface area contributed by atoms with Gasteiger partial charge in [-0.15, -0.1) is 0 Å². The topological polar surface area (TPSA) is 99.4 Å². The molecule has 0 spiro atoms. The van der Waals surface area contributed by atoms with Crippen LogP contribution in [0, 0.1) is 0 Å². The van der Waals surface area contributed by atoms with Crippen LogP contribution >= 0.6 is 0 Å². The summed E-state index contributed by atoms with van der Waals surface area (Å²) in [6, 6.07) is 14.6. The van der Waals surface area contributed by atoms with E-state index < -0.39 is 5.54 Å². The smallest absolute Gasteiger partial charge is 0.270 e. The molecular formula is C21H24N4O4. The van der Waals surface area contributed by atoms with Crippen molar-refractivity contribution >= 4 is 5.91 Å². The Labute approximate surface area is 169 Å². The zero-order valence-corrected chi connectivity index (χ0v) is 16.7. The number of carbonyl (C=O) groups is 1. The molecule has 0 saturated carbocycles. The van der Waals surface area contributed by atoms with Crippen molar-refractivity contribution in [1.82, 2.24) is 20.4 Å². The lowest BCUT2D eigenvalue weighted by molar-refractivity contribution is 0.0902. The third kappa shape index (κ3) is 5.86. The van der Waals surface area contributed by atoms with Gasteiger partial charge in [-0.3, -0.25) is 4.79 Å². The molecule has 0 radical (unpaired) electrons. The third-order valence-electron chi connectivity index (χ3n) is 4.04. The Bertz CT molecular complexity index is 941. The van der Waals surface area contributed by atoms with E-state index >= 15 is 0 Å². The van der Waals surface area contributed by atoms with Crippen LogP contribution in [-0.2, 0) is 11.2 Å². The third-order valence-corrected chi connectivity index (χ3v) is 4.04. The van der Waals surface area contributed by atoms with Crippen LogP contribution in [0.3, 0.4) is 0 Å². The van der Waals surface area contributed by atoms with Crippen molar-refractivity contribution in [3.63, 3.8) is 0 Å². The summed E-state index contributed by atoms with van der Waals surface area (Å²) in [6.07, 6.45) is 0.378. The second-order valence-corrected chi connectivity index (χ2v) is 7.09. The van der Waals surface area contributed by atoms with E-state index in [-0.39, 0.29) is 11.6 Å². The second kappa shape index (κ2) is 9.29. The fourth-order valence-corrected chi connectivity index (χ4v) is 2.68. The quantitative estimate of drug-likeness (QED) is 0.555. The second-order valence-electron chi connectivity index (χ2n) is 7.09. The summed E-state index contributed by atoms with van der Waals surface area (Å²) in [5, 5.41) is 6.97. The Morgan fingerprint density at radius 2 is 1.86 bits per heavy atom. The summed E-state index contributed by atoms with van der Waals surface area (Å²) in [6.45, 7) is 4.58. The zero-order chi connectivity index (χ0) is 20.7. The first-order chi connectivity index (χ1) is 14.0. The number of hydrogen-bond acceptors (Lipinski definition) is 7. The van der Waals surface area contributed by atoms with Gasteiger partial charge in [0, 0.05) is 30.7 Å². The number of nitrogens with zero attached hydrogens (tertiary/aromatic N) is 3. The SMILES string of the molecule is COCCOc1cccc(C(=O)NC(C)(C)Cc2nc(-c3ccccc3)no2)n1. The fourth-order valence-electron chi connectivity index (χ4n) is 2.68. The van der Waals surface area contributed by atoms with E-state index in [1.165, 1.54) is 0 Å². The summed E-state index contributed by atoms with van der Waals surface area (Å²) in [5.74, 6) is 1.02.